The summed E-state index contributed by atoms with van der Waals surface area (Å²) in [6.07, 6.45) is 0.400. The lowest BCUT2D eigenvalue weighted by atomic mass is 9.94. The van der Waals surface area contributed by atoms with Gasteiger partial charge in [0.05, 0.1) is 23.2 Å². The topological polar surface area (TPSA) is 111 Å². The molecule has 1 atom stereocenters. The van der Waals surface area contributed by atoms with Crippen molar-refractivity contribution in [1.29, 1.82) is 0 Å². The molecule has 0 aliphatic carbocycles. The minimum absolute atomic E-state index is 0.0851. The molecule has 1 amide bonds. The fourth-order valence-corrected chi connectivity index (χ4v) is 3.76. The largest absolute Gasteiger partial charge is 0.446 e. The zero-order valence-corrected chi connectivity index (χ0v) is 19.8. The molecule has 0 saturated carbocycles. The first kappa shape index (κ1) is 24.2. The predicted octanol–water partition coefficient (Wildman–Crippen LogP) is 4.31. The maximum Gasteiger partial charge on any atom is 0.256 e. The number of carbonyl (C=O) groups excluding carboxylic acids is 1. The Morgan fingerprint density at radius 3 is 2.46 bits per heavy atom. The molecule has 0 aliphatic rings. The third kappa shape index (κ3) is 5.12. The van der Waals surface area contributed by atoms with Crippen LogP contribution in [0.2, 0.25) is 0 Å². The Hall–Kier alpha value is -3.92. The van der Waals surface area contributed by atoms with E-state index in [2.05, 4.69) is 15.2 Å². The molecule has 0 aliphatic heterocycles. The molecular formula is C25H25F2N5O3. The molecule has 2 aromatic heterocycles. The first-order valence-corrected chi connectivity index (χ1v) is 10.9. The predicted molar refractivity (Wildman–Crippen MR) is 123 cm³/mol. The molecule has 8 nitrogen and oxygen atoms in total. The number of hydrogen-bond acceptors (Lipinski definition) is 7. The number of aryl methyl sites for hydroxylation is 2. The van der Waals surface area contributed by atoms with Crippen molar-refractivity contribution in [2.24, 2.45) is 5.73 Å². The number of rotatable bonds is 7. The highest BCUT2D eigenvalue weighted by atomic mass is 19.1. The average Bonchev–Trinajstić information content (AvgIpc) is 3.41. The van der Waals surface area contributed by atoms with Crippen molar-refractivity contribution in [3.05, 3.63) is 88.5 Å². The molecule has 0 unspecified atom stereocenters. The minimum Gasteiger partial charge on any atom is -0.446 e. The molecule has 0 spiro atoms. The molecule has 0 fully saturated rings. The lowest BCUT2D eigenvalue weighted by Gasteiger charge is -2.20. The van der Waals surface area contributed by atoms with Gasteiger partial charge >= 0.3 is 0 Å². The number of hydrogen-bond donors (Lipinski definition) is 1. The summed E-state index contributed by atoms with van der Waals surface area (Å²) in [6, 6.07) is 11.2. The average molecular weight is 482 g/mol. The van der Waals surface area contributed by atoms with Crippen LogP contribution in [0.4, 0.5) is 8.78 Å². The summed E-state index contributed by atoms with van der Waals surface area (Å²) >= 11 is 0. The number of benzene rings is 2. The van der Waals surface area contributed by atoms with E-state index in [1.54, 1.807) is 20.8 Å². The second kappa shape index (κ2) is 9.38. The Bertz CT molecular complexity index is 1360. The number of amides is 1. The molecule has 0 saturated heterocycles. The number of nitrogens with zero attached hydrogens (tertiary/aromatic N) is 4. The monoisotopic (exact) mass is 481 g/mol. The Balaban J connectivity index is 1.60. The molecule has 4 aromatic rings. The smallest absolute Gasteiger partial charge is 0.256 e. The molecule has 35 heavy (non-hydrogen) atoms. The highest BCUT2D eigenvalue weighted by Gasteiger charge is 2.30. The lowest BCUT2D eigenvalue weighted by Crippen LogP contribution is -2.35. The highest BCUT2D eigenvalue weighted by Crippen LogP contribution is 2.29. The first-order chi connectivity index (χ1) is 16.5. The van der Waals surface area contributed by atoms with Crippen molar-refractivity contribution in [3.8, 4) is 11.5 Å². The molecule has 10 heteroatoms. The van der Waals surface area contributed by atoms with Crippen LogP contribution in [0.25, 0.3) is 11.5 Å². The van der Waals surface area contributed by atoms with Gasteiger partial charge in [-0.25, -0.2) is 13.8 Å². The van der Waals surface area contributed by atoms with E-state index >= 15 is 0 Å². The van der Waals surface area contributed by atoms with E-state index in [1.165, 1.54) is 11.9 Å². The van der Waals surface area contributed by atoms with Gasteiger partial charge in [0.25, 0.3) is 11.8 Å². The summed E-state index contributed by atoms with van der Waals surface area (Å²) in [7, 11) is 1.49. The summed E-state index contributed by atoms with van der Waals surface area (Å²) in [4.78, 5) is 18.5. The number of oxazole rings is 1. The first-order valence-electron chi connectivity index (χ1n) is 10.9. The maximum atomic E-state index is 14.7. The highest BCUT2D eigenvalue weighted by molar-refractivity contribution is 5.95. The SMILES string of the molecule is Cc1nc(CN(C)C(=O)c2cc(-c3nnc([C@](C)(N)Cc4ccccc4)o3)c(F)cc2F)c(C)o1. The third-order valence-corrected chi connectivity index (χ3v) is 5.58. The van der Waals surface area contributed by atoms with Gasteiger partial charge in [0, 0.05) is 20.0 Å². The van der Waals surface area contributed by atoms with E-state index in [4.69, 9.17) is 14.6 Å². The van der Waals surface area contributed by atoms with Gasteiger partial charge in [-0.2, -0.15) is 0 Å². The van der Waals surface area contributed by atoms with Crippen LogP contribution in [0.3, 0.4) is 0 Å². The van der Waals surface area contributed by atoms with Gasteiger partial charge in [0.15, 0.2) is 5.89 Å². The molecular weight excluding hydrogens is 456 g/mol. The van der Waals surface area contributed by atoms with E-state index in [1.807, 2.05) is 30.3 Å². The van der Waals surface area contributed by atoms with Crippen molar-refractivity contribution >= 4 is 5.91 Å². The Morgan fingerprint density at radius 2 is 1.80 bits per heavy atom. The van der Waals surface area contributed by atoms with E-state index in [9.17, 15) is 13.6 Å². The summed E-state index contributed by atoms with van der Waals surface area (Å²) in [6.45, 7) is 5.22. The minimum atomic E-state index is -1.03. The number of aromatic nitrogens is 3. The van der Waals surface area contributed by atoms with Gasteiger partial charge in [-0.05, 0) is 31.9 Å². The number of nitrogens with two attached hydrogens (primary N) is 1. The summed E-state index contributed by atoms with van der Waals surface area (Å²) in [5.41, 5.74) is 6.33. The van der Waals surface area contributed by atoms with E-state index in [-0.39, 0.29) is 29.5 Å². The van der Waals surface area contributed by atoms with E-state index < -0.39 is 23.1 Å². The van der Waals surface area contributed by atoms with Gasteiger partial charge in [-0.3, -0.25) is 4.79 Å². The molecule has 2 aromatic carbocycles. The molecule has 2 N–H and O–H groups in total. The van der Waals surface area contributed by atoms with Crippen LogP contribution in [-0.4, -0.2) is 33.0 Å². The maximum absolute atomic E-state index is 14.7. The number of halogens is 2. The van der Waals surface area contributed by atoms with Crippen LogP contribution >= 0.6 is 0 Å². The van der Waals surface area contributed by atoms with Crippen LogP contribution in [0.5, 0.6) is 0 Å². The summed E-state index contributed by atoms with van der Waals surface area (Å²) in [5, 5.41) is 7.89. The van der Waals surface area contributed by atoms with Crippen molar-refractivity contribution in [2.75, 3.05) is 7.05 Å². The van der Waals surface area contributed by atoms with E-state index in [0.717, 1.165) is 11.6 Å². The van der Waals surface area contributed by atoms with Crippen LogP contribution in [0, 0.1) is 25.5 Å². The zero-order valence-electron chi connectivity index (χ0n) is 19.8. The fraction of sp³-hybridized carbons (Fsp3) is 0.280. The Labute approximate surface area is 200 Å². The van der Waals surface area contributed by atoms with Crippen LogP contribution in [0.15, 0.2) is 51.3 Å². The van der Waals surface area contributed by atoms with Gasteiger partial charge in [-0.15, -0.1) is 10.2 Å². The summed E-state index contributed by atoms with van der Waals surface area (Å²) < 4.78 is 40.4. The Kier molecular flexibility index (Phi) is 6.49. The molecule has 182 valence electrons. The van der Waals surface area contributed by atoms with Crippen LogP contribution in [0.1, 0.15) is 46.1 Å². The summed E-state index contributed by atoms with van der Waals surface area (Å²) in [5.74, 6) is -1.73. The fourth-order valence-electron chi connectivity index (χ4n) is 3.76. The normalized spacial score (nSPS) is 13.0. The standard InChI is InChI=1S/C25H25F2N5O3/c1-14-21(29-15(2)34-14)13-32(4)23(33)18-10-17(19(26)11-20(18)27)22-30-31-24(35-22)25(3,28)12-16-8-6-5-7-9-16/h5-11H,12-13,28H2,1-4H3/t25-/m1/s1. The van der Waals surface area contributed by atoms with Crippen LogP contribution in [-0.2, 0) is 18.5 Å². The lowest BCUT2D eigenvalue weighted by molar-refractivity contribution is 0.0778. The quantitative estimate of drug-likeness (QED) is 0.419. The van der Waals surface area contributed by atoms with Crippen molar-refractivity contribution in [3.63, 3.8) is 0 Å². The van der Waals surface area contributed by atoms with E-state index in [0.29, 0.717) is 29.8 Å². The molecule has 0 radical (unpaired) electrons. The van der Waals surface area contributed by atoms with Crippen LogP contribution < -0.4 is 5.73 Å². The van der Waals surface area contributed by atoms with Gasteiger partial charge in [0.2, 0.25) is 5.89 Å². The number of carbonyl (C=O) groups is 1. The second-order valence-electron chi connectivity index (χ2n) is 8.70. The van der Waals surface area contributed by atoms with Gasteiger partial charge in [-0.1, -0.05) is 30.3 Å². The molecule has 2 heterocycles. The third-order valence-electron chi connectivity index (χ3n) is 5.58. The molecule has 4 rings (SSSR count). The van der Waals surface area contributed by atoms with Crippen molar-refractivity contribution in [1.82, 2.24) is 20.1 Å². The molecule has 0 bridgehead atoms. The zero-order chi connectivity index (χ0) is 25.3. The van der Waals surface area contributed by atoms with Gasteiger partial charge < -0.3 is 19.5 Å². The Morgan fingerprint density at radius 1 is 1.09 bits per heavy atom. The van der Waals surface area contributed by atoms with Crippen molar-refractivity contribution in [2.45, 2.75) is 39.3 Å². The second-order valence-corrected chi connectivity index (χ2v) is 8.70. The van der Waals surface area contributed by atoms with Crippen molar-refractivity contribution < 1.29 is 22.4 Å². The van der Waals surface area contributed by atoms with Gasteiger partial charge in [0.1, 0.15) is 23.1 Å².